The van der Waals surface area contributed by atoms with E-state index in [9.17, 15) is 4.79 Å². The van der Waals surface area contributed by atoms with Crippen LogP contribution in [0, 0.1) is 6.92 Å². The number of ether oxygens (including phenoxy) is 1. The zero-order valence-electron chi connectivity index (χ0n) is 9.61. The van der Waals surface area contributed by atoms with E-state index in [1.807, 2.05) is 19.1 Å². The van der Waals surface area contributed by atoms with Crippen LogP contribution in [0.4, 0.5) is 0 Å². The summed E-state index contributed by atoms with van der Waals surface area (Å²) < 4.78 is 5.78. The Morgan fingerprint density at radius 1 is 1.44 bits per heavy atom. The molecule has 0 radical (unpaired) electrons. The van der Waals surface area contributed by atoms with Gasteiger partial charge >= 0.3 is 0 Å². The standard InChI is InChI=1S/C13H17NO2/c1-10-3-2-8-14-13(10)9-16-12-6-4-11(15)5-7-12/h2-3,8,12H,4-7,9H2,1H3. The number of hydrogen-bond donors (Lipinski definition) is 0. The van der Waals surface area contributed by atoms with Crippen molar-refractivity contribution in [2.75, 3.05) is 0 Å². The molecule has 0 bridgehead atoms. The molecule has 0 aliphatic heterocycles. The van der Waals surface area contributed by atoms with Crippen molar-refractivity contribution in [1.29, 1.82) is 0 Å². The Morgan fingerprint density at radius 3 is 2.88 bits per heavy atom. The van der Waals surface area contributed by atoms with Gasteiger partial charge in [-0.05, 0) is 31.4 Å². The van der Waals surface area contributed by atoms with E-state index in [-0.39, 0.29) is 6.10 Å². The van der Waals surface area contributed by atoms with E-state index in [2.05, 4.69) is 4.98 Å². The molecule has 0 aromatic carbocycles. The second kappa shape index (κ2) is 5.21. The molecule has 1 aromatic heterocycles. The van der Waals surface area contributed by atoms with Crippen LogP contribution < -0.4 is 0 Å². The fraction of sp³-hybridized carbons (Fsp3) is 0.538. The Balaban J connectivity index is 1.84. The molecular formula is C13H17NO2. The van der Waals surface area contributed by atoms with E-state index in [0.29, 0.717) is 25.2 Å². The highest BCUT2D eigenvalue weighted by molar-refractivity contribution is 5.79. The maximum Gasteiger partial charge on any atom is 0.133 e. The van der Waals surface area contributed by atoms with Crippen molar-refractivity contribution >= 4 is 5.78 Å². The number of rotatable bonds is 3. The normalized spacial score (nSPS) is 17.7. The van der Waals surface area contributed by atoms with Crippen molar-refractivity contribution in [1.82, 2.24) is 4.98 Å². The lowest BCUT2D eigenvalue weighted by atomic mass is 9.96. The molecule has 0 unspecified atom stereocenters. The lowest BCUT2D eigenvalue weighted by Crippen LogP contribution is -2.21. The van der Waals surface area contributed by atoms with Gasteiger partial charge in [0.15, 0.2) is 0 Å². The summed E-state index contributed by atoms with van der Waals surface area (Å²) in [6.45, 7) is 2.60. The first-order valence-corrected chi connectivity index (χ1v) is 5.79. The molecular weight excluding hydrogens is 202 g/mol. The van der Waals surface area contributed by atoms with Crippen LogP contribution in [0.5, 0.6) is 0 Å². The van der Waals surface area contributed by atoms with Gasteiger partial charge in [-0.25, -0.2) is 0 Å². The largest absolute Gasteiger partial charge is 0.372 e. The monoisotopic (exact) mass is 219 g/mol. The number of ketones is 1. The SMILES string of the molecule is Cc1cccnc1COC1CCC(=O)CC1. The van der Waals surface area contributed by atoms with Gasteiger partial charge in [0.05, 0.1) is 18.4 Å². The molecule has 86 valence electrons. The summed E-state index contributed by atoms with van der Waals surface area (Å²) in [6, 6.07) is 3.97. The minimum atomic E-state index is 0.235. The molecule has 1 aliphatic carbocycles. The third-order valence-corrected chi connectivity index (χ3v) is 3.06. The first-order valence-electron chi connectivity index (χ1n) is 5.79. The van der Waals surface area contributed by atoms with Crippen molar-refractivity contribution in [2.45, 2.75) is 45.3 Å². The van der Waals surface area contributed by atoms with Crippen LogP contribution in [-0.2, 0) is 16.1 Å². The number of pyridine rings is 1. The molecule has 1 heterocycles. The molecule has 3 nitrogen and oxygen atoms in total. The highest BCUT2D eigenvalue weighted by atomic mass is 16.5. The van der Waals surface area contributed by atoms with Gasteiger partial charge in [0, 0.05) is 19.0 Å². The Hall–Kier alpha value is -1.22. The lowest BCUT2D eigenvalue weighted by Gasteiger charge is -2.21. The molecule has 1 fully saturated rings. The smallest absolute Gasteiger partial charge is 0.133 e. The van der Waals surface area contributed by atoms with Crippen LogP contribution >= 0.6 is 0 Å². The Kier molecular flexibility index (Phi) is 3.67. The van der Waals surface area contributed by atoms with E-state index in [1.165, 1.54) is 0 Å². The fourth-order valence-corrected chi connectivity index (χ4v) is 1.95. The maximum atomic E-state index is 11.1. The number of nitrogens with zero attached hydrogens (tertiary/aromatic N) is 1. The predicted molar refractivity (Wildman–Crippen MR) is 61.0 cm³/mol. The summed E-state index contributed by atoms with van der Waals surface area (Å²) in [5.41, 5.74) is 2.16. The predicted octanol–water partition coefficient (Wildman–Crippen LogP) is 2.42. The minimum Gasteiger partial charge on any atom is -0.372 e. The summed E-state index contributed by atoms with van der Waals surface area (Å²) in [4.78, 5) is 15.4. The van der Waals surface area contributed by atoms with Gasteiger partial charge in [0.25, 0.3) is 0 Å². The van der Waals surface area contributed by atoms with Gasteiger partial charge in [0.2, 0.25) is 0 Å². The molecule has 2 rings (SSSR count). The van der Waals surface area contributed by atoms with Gasteiger partial charge in [-0.1, -0.05) is 6.07 Å². The Morgan fingerprint density at radius 2 is 2.19 bits per heavy atom. The molecule has 0 amide bonds. The lowest BCUT2D eigenvalue weighted by molar-refractivity contribution is -0.123. The second-order valence-corrected chi connectivity index (χ2v) is 4.32. The number of hydrogen-bond acceptors (Lipinski definition) is 3. The number of carbonyl (C=O) groups is 1. The van der Waals surface area contributed by atoms with Crippen molar-refractivity contribution in [3.63, 3.8) is 0 Å². The summed E-state index contributed by atoms with van der Waals surface area (Å²) >= 11 is 0. The Bertz CT molecular complexity index is 366. The zero-order valence-corrected chi connectivity index (χ0v) is 9.61. The van der Waals surface area contributed by atoms with Crippen molar-refractivity contribution in [3.8, 4) is 0 Å². The van der Waals surface area contributed by atoms with Crippen LogP contribution in [0.15, 0.2) is 18.3 Å². The molecule has 1 aliphatic rings. The van der Waals surface area contributed by atoms with Crippen molar-refractivity contribution in [3.05, 3.63) is 29.6 Å². The van der Waals surface area contributed by atoms with Gasteiger partial charge in [-0.15, -0.1) is 0 Å². The second-order valence-electron chi connectivity index (χ2n) is 4.32. The third kappa shape index (κ3) is 2.89. The van der Waals surface area contributed by atoms with Crippen molar-refractivity contribution < 1.29 is 9.53 Å². The average molecular weight is 219 g/mol. The summed E-state index contributed by atoms with van der Waals surface area (Å²) in [5.74, 6) is 0.369. The molecule has 3 heteroatoms. The topological polar surface area (TPSA) is 39.2 Å². The number of Topliss-reactive ketones (excluding diaryl/α,β-unsaturated/α-hetero) is 1. The third-order valence-electron chi connectivity index (χ3n) is 3.06. The fourth-order valence-electron chi connectivity index (χ4n) is 1.95. The quantitative estimate of drug-likeness (QED) is 0.783. The zero-order chi connectivity index (χ0) is 11.4. The minimum absolute atomic E-state index is 0.235. The van der Waals surface area contributed by atoms with Crippen LogP contribution in [0.3, 0.4) is 0 Å². The van der Waals surface area contributed by atoms with Crippen molar-refractivity contribution in [2.24, 2.45) is 0 Å². The number of aromatic nitrogens is 1. The molecule has 1 aromatic rings. The highest BCUT2D eigenvalue weighted by Gasteiger charge is 2.19. The molecule has 16 heavy (non-hydrogen) atoms. The van der Waals surface area contributed by atoms with Gasteiger partial charge in [-0.2, -0.15) is 0 Å². The highest BCUT2D eigenvalue weighted by Crippen LogP contribution is 2.19. The number of aryl methyl sites for hydroxylation is 1. The van der Waals surface area contributed by atoms with E-state index >= 15 is 0 Å². The van der Waals surface area contributed by atoms with E-state index < -0.39 is 0 Å². The van der Waals surface area contributed by atoms with E-state index in [0.717, 1.165) is 24.1 Å². The Labute approximate surface area is 95.8 Å². The van der Waals surface area contributed by atoms with E-state index in [4.69, 9.17) is 4.74 Å². The average Bonchev–Trinajstić information content (AvgIpc) is 2.30. The summed E-state index contributed by atoms with van der Waals surface area (Å²) in [6.07, 6.45) is 5.10. The van der Waals surface area contributed by atoms with Crippen LogP contribution in [0.25, 0.3) is 0 Å². The van der Waals surface area contributed by atoms with Crippen LogP contribution in [0.1, 0.15) is 36.9 Å². The molecule has 0 N–H and O–H groups in total. The van der Waals surface area contributed by atoms with Gasteiger partial charge < -0.3 is 4.74 Å². The first kappa shape index (κ1) is 11.3. The maximum absolute atomic E-state index is 11.1. The van der Waals surface area contributed by atoms with E-state index in [1.54, 1.807) is 6.20 Å². The van der Waals surface area contributed by atoms with Gasteiger partial charge in [-0.3, -0.25) is 9.78 Å². The molecule has 0 atom stereocenters. The molecule has 1 saturated carbocycles. The number of carbonyl (C=O) groups excluding carboxylic acids is 1. The first-order chi connectivity index (χ1) is 7.75. The van der Waals surface area contributed by atoms with Gasteiger partial charge in [0.1, 0.15) is 5.78 Å². The molecule has 0 saturated heterocycles. The molecule has 0 spiro atoms. The summed E-state index contributed by atoms with van der Waals surface area (Å²) in [5, 5.41) is 0. The summed E-state index contributed by atoms with van der Waals surface area (Å²) in [7, 11) is 0. The van der Waals surface area contributed by atoms with Crippen LogP contribution in [-0.4, -0.2) is 16.9 Å². The van der Waals surface area contributed by atoms with Crippen LogP contribution in [0.2, 0.25) is 0 Å².